The van der Waals surface area contributed by atoms with Crippen molar-refractivity contribution < 1.29 is 13.9 Å². The van der Waals surface area contributed by atoms with Crippen LogP contribution in [0.1, 0.15) is 35.4 Å². The lowest BCUT2D eigenvalue weighted by atomic mass is 10.0. The Balaban J connectivity index is 1.67. The number of fused-ring (bicyclic) bond motifs is 1. The van der Waals surface area contributed by atoms with Crippen molar-refractivity contribution in [3.63, 3.8) is 0 Å². The Bertz CT molecular complexity index is 1200. The highest BCUT2D eigenvalue weighted by molar-refractivity contribution is 5.93. The maximum Gasteiger partial charge on any atom is 0.274 e. The van der Waals surface area contributed by atoms with E-state index in [2.05, 4.69) is 10.1 Å². The van der Waals surface area contributed by atoms with E-state index in [-0.39, 0.29) is 17.8 Å². The van der Waals surface area contributed by atoms with Crippen LogP contribution >= 0.6 is 0 Å². The van der Waals surface area contributed by atoms with Crippen LogP contribution in [0.15, 0.2) is 66.9 Å². The Hall–Kier alpha value is -3.74. The molecule has 1 atom stereocenters. The van der Waals surface area contributed by atoms with Crippen LogP contribution < -0.4 is 4.74 Å². The van der Waals surface area contributed by atoms with E-state index in [1.807, 2.05) is 37.3 Å². The van der Waals surface area contributed by atoms with E-state index in [0.717, 1.165) is 22.6 Å². The molecule has 2 aromatic heterocycles. The first kappa shape index (κ1) is 20.5. The van der Waals surface area contributed by atoms with Crippen molar-refractivity contribution in [3.05, 3.63) is 83.9 Å². The maximum absolute atomic E-state index is 13.3. The number of nitrogens with zero attached hydrogens (tertiary/aromatic N) is 4. The number of halogens is 1. The van der Waals surface area contributed by atoms with Gasteiger partial charge in [-0.25, -0.2) is 13.9 Å². The van der Waals surface area contributed by atoms with Crippen LogP contribution in [0.2, 0.25) is 0 Å². The van der Waals surface area contributed by atoms with Gasteiger partial charge in [0, 0.05) is 24.9 Å². The summed E-state index contributed by atoms with van der Waals surface area (Å²) in [6.07, 6.45) is 2.39. The number of benzene rings is 2. The van der Waals surface area contributed by atoms with Gasteiger partial charge >= 0.3 is 0 Å². The molecule has 31 heavy (non-hydrogen) atoms. The lowest BCUT2D eigenvalue weighted by Gasteiger charge is -2.27. The summed E-state index contributed by atoms with van der Waals surface area (Å²) in [7, 11) is 3.36. The molecule has 0 saturated heterocycles. The fourth-order valence-corrected chi connectivity index (χ4v) is 3.72. The molecule has 6 nitrogen and oxygen atoms in total. The van der Waals surface area contributed by atoms with Crippen molar-refractivity contribution in [2.24, 2.45) is 0 Å². The number of rotatable bonds is 6. The molecule has 0 bridgehead atoms. The molecule has 4 rings (SSSR count). The molecule has 0 saturated carbocycles. The highest BCUT2D eigenvalue weighted by Gasteiger charge is 2.24. The SMILES string of the molecule is CC[C@H](c1ccc(F)cc1)N(C)C(=O)c1cc2nccc(-c3ccc(OC)cc3)n2n1. The standard InChI is InChI=1S/C24H23FN4O2/c1-4-21(16-5-9-18(25)10-6-16)28(2)24(30)20-15-23-26-14-13-22(29(23)27-20)17-7-11-19(31-3)12-8-17/h5-15,21H,4H2,1-3H3/t21-/m1/s1. The Morgan fingerprint density at radius 2 is 1.84 bits per heavy atom. The van der Waals surface area contributed by atoms with Gasteiger partial charge in [0.15, 0.2) is 11.3 Å². The lowest BCUT2D eigenvalue weighted by molar-refractivity contribution is 0.0720. The molecule has 0 radical (unpaired) electrons. The molecule has 4 aromatic rings. The molecule has 2 aromatic carbocycles. The molecule has 0 fully saturated rings. The minimum Gasteiger partial charge on any atom is -0.497 e. The fraction of sp³-hybridized carbons (Fsp3) is 0.208. The number of methoxy groups -OCH3 is 1. The van der Waals surface area contributed by atoms with Gasteiger partial charge in [-0.15, -0.1) is 0 Å². The van der Waals surface area contributed by atoms with Gasteiger partial charge in [0.2, 0.25) is 0 Å². The summed E-state index contributed by atoms with van der Waals surface area (Å²) in [4.78, 5) is 19.2. The molecule has 0 spiro atoms. The van der Waals surface area contributed by atoms with E-state index in [9.17, 15) is 9.18 Å². The van der Waals surface area contributed by atoms with Crippen molar-refractivity contribution in [1.82, 2.24) is 19.5 Å². The van der Waals surface area contributed by atoms with E-state index in [4.69, 9.17) is 4.74 Å². The zero-order chi connectivity index (χ0) is 22.0. The monoisotopic (exact) mass is 418 g/mol. The van der Waals surface area contributed by atoms with Gasteiger partial charge in [-0.3, -0.25) is 4.79 Å². The smallest absolute Gasteiger partial charge is 0.274 e. The first-order valence-electron chi connectivity index (χ1n) is 10.0. The number of amides is 1. The Labute approximate surface area is 179 Å². The van der Waals surface area contributed by atoms with Gasteiger partial charge in [0.1, 0.15) is 11.6 Å². The average molecular weight is 418 g/mol. The van der Waals surface area contributed by atoms with E-state index < -0.39 is 0 Å². The molecule has 2 heterocycles. The molecule has 0 aliphatic rings. The Kier molecular flexibility index (Phi) is 5.66. The van der Waals surface area contributed by atoms with Crippen molar-refractivity contribution in [3.8, 4) is 17.0 Å². The number of carbonyl (C=O) groups excluding carboxylic acids is 1. The number of ether oxygens (including phenoxy) is 1. The van der Waals surface area contributed by atoms with E-state index in [1.165, 1.54) is 12.1 Å². The van der Waals surface area contributed by atoms with E-state index in [0.29, 0.717) is 17.8 Å². The van der Waals surface area contributed by atoms with Crippen molar-refractivity contribution in [1.29, 1.82) is 0 Å². The van der Waals surface area contributed by atoms with Gasteiger partial charge in [0.25, 0.3) is 5.91 Å². The van der Waals surface area contributed by atoms with Crippen LogP contribution in [-0.4, -0.2) is 39.6 Å². The van der Waals surface area contributed by atoms with Crippen LogP contribution in [0.5, 0.6) is 5.75 Å². The summed E-state index contributed by atoms with van der Waals surface area (Å²) in [6, 6.07) is 17.2. The Morgan fingerprint density at radius 1 is 1.13 bits per heavy atom. The van der Waals surface area contributed by atoms with Crippen molar-refractivity contribution in [2.45, 2.75) is 19.4 Å². The minimum atomic E-state index is -0.301. The van der Waals surface area contributed by atoms with Gasteiger partial charge in [-0.1, -0.05) is 19.1 Å². The molecule has 0 aliphatic heterocycles. The van der Waals surface area contributed by atoms with Gasteiger partial charge in [-0.2, -0.15) is 5.10 Å². The third kappa shape index (κ3) is 3.99. The fourth-order valence-electron chi connectivity index (χ4n) is 3.72. The summed E-state index contributed by atoms with van der Waals surface area (Å²) in [6.45, 7) is 1.99. The third-order valence-electron chi connectivity index (χ3n) is 5.39. The second-order valence-corrected chi connectivity index (χ2v) is 7.25. The summed E-state index contributed by atoms with van der Waals surface area (Å²) in [5.74, 6) is 0.242. The molecular weight excluding hydrogens is 395 g/mol. The predicted molar refractivity (Wildman–Crippen MR) is 117 cm³/mol. The largest absolute Gasteiger partial charge is 0.497 e. The summed E-state index contributed by atoms with van der Waals surface area (Å²) < 4.78 is 20.2. The molecule has 158 valence electrons. The minimum absolute atomic E-state index is 0.188. The number of carbonyl (C=O) groups is 1. The van der Waals surface area contributed by atoms with E-state index in [1.54, 1.807) is 48.0 Å². The summed E-state index contributed by atoms with van der Waals surface area (Å²) in [5, 5.41) is 4.55. The zero-order valence-electron chi connectivity index (χ0n) is 17.6. The molecule has 1 amide bonds. The molecule has 0 N–H and O–H groups in total. The molecule has 0 unspecified atom stereocenters. The van der Waals surface area contributed by atoms with Gasteiger partial charge in [0.05, 0.1) is 18.8 Å². The zero-order valence-corrected chi connectivity index (χ0v) is 17.6. The normalized spacial score (nSPS) is 12.0. The maximum atomic E-state index is 13.3. The van der Waals surface area contributed by atoms with Gasteiger partial charge < -0.3 is 9.64 Å². The van der Waals surface area contributed by atoms with Crippen LogP contribution in [0.25, 0.3) is 16.9 Å². The summed E-state index contributed by atoms with van der Waals surface area (Å²) in [5.41, 5.74) is 3.51. The number of aromatic nitrogens is 3. The third-order valence-corrected chi connectivity index (χ3v) is 5.39. The first-order valence-corrected chi connectivity index (χ1v) is 10.0. The molecule has 0 aliphatic carbocycles. The van der Waals surface area contributed by atoms with Crippen LogP contribution in [0.3, 0.4) is 0 Å². The highest BCUT2D eigenvalue weighted by atomic mass is 19.1. The van der Waals surface area contributed by atoms with Crippen LogP contribution in [0, 0.1) is 5.82 Å². The predicted octanol–water partition coefficient (Wildman–Crippen LogP) is 4.77. The van der Waals surface area contributed by atoms with Crippen LogP contribution in [0.4, 0.5) is 4.39 Å². The van der Waals surface area contributed by atoms with Crippen LogP contribution in [-0.2, 0) is 0 Å². The lowest BCUT2D eigenvalue weighted by Crippen LogP contribution is -2.31. The second kappa shape index (κ2) is 8.55. The van der Waals surface area contributed by atoms with Crippen molar-refractivity contribution in [2.75, 3.05) is 14.2 Å². The topological polar surface area (TPSA) is 59.7 Å². The average Bonchev–Trinajstić information content (AvgIpc) is 3.24. The molecule has 7 heteroatoms. The van der Waals surface area contributed by atoms with Crippen molar-refractivity contribution >= 4 is 11.6 Å². The number of hydrogen-bond acceptors (Lipinski definition) is 4. The Morgan fingerprint density at radius 3 is 2.48 bits per heavy atom. The number of hydrogen-bond donors (Lipinski definition) is 0. The quantitative estimate of drug-likeness (QED) is 0.453. The summed E-state index contributed by atoms with van der Waals surface area (Å²) >= 11 is 0. The van der Waals surface area contributed by atoms with Gasteiger partial charge in [-0.05, 0) is 54.4 Å². The van der Waals surface area contributed by atoms with E-state index >= 15 is 0 Å². The molecular formula is C24H23FN4O2. The second-order valence-electron chi connectivity index (χ2n) is 7.25. The highest BCUT2D eigenvalue weighted by Crippen LogP contribution is 2.26. The first-order chi connectivity index (χ1) is 15.0.